The van der Waals surface area contributed by atoms with E-state index in [1.807, 2.05) is 78.8 Å². The molecule has 0 radical (unpaired) electrons. The predicted octanol–water partition coefficient (Wildman–Crippen LogP) is 6.74. The lowest BCUT2D eigenvalue weighted by molar-refractivity contribution is -0.0807. The number of aryl methyl sites for hydroxylation is 1. The number of rotatable bonds is 15. The van der Waals surface area contributed by atoms with Crippen LogP contribution in [0, 0.1) is 12.8 Å². The molecule has 0 bridgehead atoms. The summed E-state index contributed by atoms with van der Waals surface area (Å²) in [5, 5.41) is 2.92. The zero-order valence-corrected chi connectivity index (χ0v) is 38.4. The van der Waals surface area contributed by atoms with E-state index in [0.29, 0.717) is 23.5 Å². The highest BCUT2D eigenvalue weighted by atomic mass is 32.2. The van der Waals surface area contributed by atoms with Crippen LogP contribution in [0.1, 0.15) is 97.6 Å². The van der Waals surface area contributed by atoms with E-state index in [1.54, 1.807) is 63.8 Å². The van der Waals surface area contributed by atoms with E-state index in [9.17, 15) is 18.0 Å². The fourth-order valence-corrected chi connectivity index (χ4v) is 8.95. The molecule has 0 spiro atoms. The van der Waals surface area contributed by atoms with Crippen LogP contribution in [0.3, 0.4) is 0 Å². The van der Waals surface area contributed by atoms with Gasteiger partial charge in [0.1, 0.15) is 29.4 Å². The molecule has 3 aromatic rings. The van der Waals surface area contributed by atoms with Gasteiger partial charge in [-0.3, -0.25) is 9.69 Å². The number of nitrogens with one attached hydrogen (secondary N) is 1. The van der Waals surface area contributed by atoms with E-state index in [4.69, 9.17) is 28.3 Å². The molecular formula is C45H64BN3O10S. The van der Waals surface area contributed by atoms with Gasteiger partial charge in [0.25, 0.3) is 5.91 Å². The molecule has 0 unspecified atom stereocenters. The molecule has 2 fully saturated rings. The summed E-state index contributed by atoms with van der Waals surface area (Å²) in [6, 6.07) is 18.6. The molecule has 60 heavy (non-hydrogen) atoms. The standard InChI is InChI=1S/C45H64BN3O10S/c1-30(2)28-48(60(52,53)36-21-18-34(54-13)19-22-36)29-39-38(49(45(11,12)56-39)41(51)57-42(4,5)6)27-32-14-16-33(17-15-32)40(50)47-24-25-55-35-20-23-37(31(3)26-35)46-58-43(7,8)44(9,10)59-46/h14-23,26,30,38-39H,24-25,27-29H2,1-13H3,(H,47,50)/t38-,39+/m0/s1. The van der Waals surface area contributed by atoms with Crippen molar-refractivity contribution >= 4 is 34.6 Å². The summed E-state index contributed by atoms with van der Waals surface area (Å²) in [5.74, 6) is 0.962. The van der Waals surface area contributed by atoms with Crippen molar-refractivity contribution in [3.8, 4) is 11.5 Å². The first-order valence-corrected chi connectivity index (χ1v) is 22.1. The summed E-state index contributed by atoms with van der Waals surface area (Å²) in [6.45, 7) is 23.7. The van der Waals surface area contributed by atoms with Crippen molar-refractivity contribution in [1.29, 1.82) is 0 Å². The molecule has 15 heteroatoms. The van der Waals surface area contributed by atoms with Crippen LogP contribution >= 0.6 is 0 Å². The van der Waals surface area contributed by atoms with Gasteiger partial charge < -0.3 is 33.6 Å². The molecule has 5 rings (SSSR count). The summed E-state index contributed by atoms with van der Waals surface area (Å²) in [6.07, 6.45) is -0.970. The minimum atomic E-state index is -3.96. The molecule has 0 aliphatic carbocycles. The van der Waals surface area contributed by atoms with Gasteiger partial charge in [0, 0.05) is 18.7 Å². The van der Waals surface area contributed by atoms with Gasteiger partial charge in [-0.05, 0) is 147 Å². The van der Waals surface area contributed by atoms with Crippen LogP contribution in [-0.2, 0) is 35.2 Å². The quantitative estimate of drug-likeness (QED) is 0.129. The first-order chi connectivity index (χ1) is 27.8. The first kappa shape index (κ1) is 46.9. The van der Waals surface area contributed by atoms with Crippen LogP contribution in [0.2, 0.25) is 0 Å². The van der Waals surface area contributed by atoms with Crippen molar-refractivity contribution in [2.45, 2.75) is 129 Å². The Balaban J connectivity index is 1.27. The van der Waals surface area contributed by atoms with E-state index in [1.165, 1.54) is 23.5 Å². The maximum atomic E-state index is 14.1. The summed E-state index contributed by atoms with van der Waals surface area (Å²) in [7, 11) is -2.90. The Morgan fingerprint density at radius 2 is 1.52 bits per heavy atom. The minimum absolute atomic E-state index is 0.00204. The number of hydrogen-bond donors (Lipinski definition) is 1. The molecule has 2 saturated heterocycles. The van der Waals surface area contributed by atoms with Crippen LogP contribution < -0.4 is 20.3 Å². The van der Waals surface area contributed by atoms with E-state index >= 15 is 0 Å². The van der Waals surface area contributed by atoms with Crippen molar-refractivity contribution in [2.24, 2.45) is 5.92 Å². The molecule has 0 aromatic heterocycles. The fourth-order valence-electron chi connectivity index (χ4n) is 7.34. The molecule has 2 aliphatic heterocycles. The molecule has 1 N–H and O–H groups in total. The van der Waals surface area contributed by atoms with Crippen LogP contribution in [0.4, 0.5) is 4.79 Å². The number of nitrogens with zero attached hydrogens (tertiary/aromatic N) is 2. The molecular weight excluding hydrogens is 785 g/mol. The average molecular weight is 850 g/mol. The Morgan fingerprint density at radius 3 is 2.07 bits per heavy atom. The number of ether oxygens (including phenoxy) is 4. The van der Waals surface area contributed by atoms with Gasteiger partial charge in [-0.15, -0.1) is 0 Å². The van der Waals surface area contributed by atoms with E-state index in [0.717, 1.165) is 16.6 Å². The van der Waals surface area contributed by atoms with Gasteiger partial charge in [0.05, 0.1) is 41.9 Å². The van der Waals surface area contributed by atoms with Crippen molar-refractivity contribution < 1.29 is 46.3 Å². The number of sulfonamides is 1. The van der Waals surface area contributed by atoms with Crippen molar-refractivity contribution in [2.75, 3.05) is 33.4 Å². The smallest absolute Gasteiger partial charge is 0.495 e. The third kappa shape index (κ3) is 11.0. The van der Waals surface area contributed by atoms with E-state index < -0.39 is 57.9 Å². The van der Waals surface area contributed by atoms with E-state index in [-0.39, 0.29) is 43.0 Å². The number of carbonyl (C=O) groups is 2. The lowest BCUT2D eigenvalue weighted by Gasteiger charge is -2.35. The van der Waals surface area contributed by atoms with Crippen LogP contribution in [0.5, 0.6) is 11.5 Å². The number of benzene rings is 3. The Bertz CT molecular complexity index is 2070. The summed E-state index contributed by atoms with van der Waals surface area (Å²) >= 11 is 0. The van der Waals surface area contributed by atoms with Gasteiger partial charge in [0.15, 0.2) is 0 Å². The van der Waals surface area contributed by atoms with Gasteiger partial charge in [-0.2, -0.15) is 4.31 Å². The van der Waals surface area contributed by atoms with Crippen LogP contribution in [-0.4, -0.2) is 105 Å². The molecule has 2 heterocycles. The molecule has 0 saturated carbocycles. The SMILES string of the molecule is COc1ccc(S(=O)(=O)N(CC(C)C)C[C@H]2OC(C)(C)N(C(=O)OC(C)(C)C)[C@H]2Cc2ccc(C(=O)NCCOc3ccc(B4OC(C)(C)C(C)(C)O4)c(C)c3)cc2)cc1. The topological polar surface area (TPSA) is 142 Å². The number of carbonyl (C=O) groups excluding carboxylic acids is 2. The Kier molecular flexibility index (Phi) is 14.1. The van der Waals surface area contributed by atoms with Gasteiger partial charge in [-0.1, -0.05) is 32.0 Å². The second kappa shape index (κ2) is 18.1. The molecule has 2 amide bonds. The molecule has 3 aromatic carbocycles. The third-order valence-electron chi connectivity index (χ3n) is 11.1. The highest BCUT2D eigenvalue weighted by molar-refractivity contribution is 7.89. The monoisotopic (exact) mass is 849 g/mol. The number of methoxy groups -OCH3 is 1. The number of amides is 2. The first-order valence-electron chi connectivity index (χ1n) is 20.6. The van der Waals surface area contributed by atoms with Gasteiger partial charge in [-0.25, -0.2) is 13.2 Å². The summed E-state index contributed by atoms with van der Waals surface area (Å²) < 4.78 is 65.8. The zero-order chi connectivity index (χ0) is 44.4. The second-order valence-electron chi connectivity index (χ2n) is 18.5. The maximum Gasteiger partial charge on any atom is 0.495 e. The highest BCUT2D eigenvalue weighted by Gasteiger charge is 2.53. The average Bonchev–Trinajstić information content (AvgIpc) is 3.52. The highest BCUT2D eigenvalue weighted by Crippen LogP contribution is 2.38. The number of hydrogen-bond acceptors (Lipinski definition) is 10. The van der Waals surface area contributed by atoms with Crippen LogP contribution in [0.25, 0.3) is 0 Å². The molecule has 328 valence electrons. The molecule has 2 aliphatic rings. The van der Waals surface area contributed by atoms with Crippen molar-refractivity contribution in [3.63, 3.8) is 0 Å². The van der Waals surface area contributed by atoms with Gasteiger partial charge >= 0.3 is 13.2 Å². The Morgan fingerprint density at radius 1 is 0.917 bits per heavy atom. The van der Waals surface area contributed by atoms with Crippen LogP contribution in [0.15, 0.2) is 71.6 Å². The van der Waals surface area contributed by atoms with Gasteiger partial charge in [0.2, 0.25) is 10.0 Å². The largest absolute Gasteiger partial charge is 0.497 e. The van der Waals surface area contributed by atoms with E-state index in [2.05, 4.69) is 5.32 Å². The predicted molar refractivity (Wildman–Crippen MR) is 232 cm³/mol. The molecule has 13 nitrogen and oxygen atoms in total. The van der Waals surface area contributed by atoms with Crippen molar-refractivity contribution in [1.82, 2.24) is 14.5 Å². The lowest BCUT2D eigenvalue weighted by atomic mass is 9.76. The normalized spacial score (nSPS) is 19.8. The lowest BCUT2D eigenvalue weighted by Crippen LogP contribution is -2.52. The summed E-state index contributed by atoms with van der Waals surface area (Å²) in [4.78, 5) is 28.7. The molecule has 2 atom stereocenters. The fraction of sp³-hybridized carbons (Fsp3) is 0.556. The second-order valence-corrected chi connectivity index (χ2v) is 20.5. The zero-order valence-electron chi connectivity index (χ0n) is 37.6. The third-order valence-corrected chi connectivity index (χ3v) is 12.9. The summed E-state index contributed by atoms with van der Waals surface area (Å²) in [5.41, 5.74) is 0.431. The van der Waals surface area contributed by atoms with Crippen molar-refractivity contribution in [3.05, 3.63) is 83.4 Å². The Hall–Kier alpha value is -4.15. The Labute approximate surface area is 357 Å². The maximum absolute atomic E-state index is 14.1. The minimum Gasteiger partial charge on any atom is -0.497 e.